The maximum Gasteiger partial charge on any atom is 0.251 e. The van der Waals surface area contributed by atoms with Crippen molar-refractivity contribution in [2.75, 3.05) is 19.0 Å². The van der Waals surface area contributed by atoms with Crippen LogP contribution >= 0.6 is 23.1 Å². The summed E-state index contributed by atoms with van der Waals surface area (Å²) in [5.74, 6) is -0.288. The van der Waals surface area contributed by atoms with E-state index >= 15 is 0 Å². The highest BCUT2D eigenvalue weighted by atomic mass is 32.2. The number of thiazole rings is 1. The molecule has 0 bridgehead atoms. The fourth-order valence-electron chi connectivity index (χ4n) is 3.16. The molecule has 6 nitrogen and oxygen atoms in total. The van der Waals surface area contributed by atoms with Gasteiger partial charge in [0, 0.05) is 40.7 Å². The maximum absolute atomic E-state index is 12.5. The molecular formula is C20H25N3O3S2. The Morgan fingerprint density at radius 1 is 1.21 bits per heavy atom. The normalized spacial score (nSPS) is 19.2. The van der Waals surface area contributed by atoms with Gasteiger partial charge in [0.1, 0.15) is 10.9 Å². The van der Waals surface area contributed by atoms with Gasteiger partial charge in [-0.05, 0) is 56.9 Å². The molecule has 150 valence electrons. The lowest BCUT2D eigenvalue weighted by molar-refractivity contribution is -0.119. The average Bonchev–Trinajstić information content (AvgIpc) is 3.09. The third-order valence-corrected chi connectivity index (χ3v) is 7.01. The number of benzene rings is 1. The lowest BCUT2D eigenvalue weighted by Gasteiger charge is -2.28. The van der Waals surface area contributed by atoms with E-state index in [1.54, 1.807) is 35.6 Å². The molecule has 0 atom stereocenters. The van der Waals surface area contributed by atoms with Crippen LogP contribution in [-0.2, 0) is 9.53 Å². The highest BCUT2D eigenvalue weighted by molar-refractivity contribution is 8.01. The van der Waals surface area contributed by atoms with E-state index in [0.29, 0.717) is 16.5 Å². The number of carbonyl (C=O) groups is 2. The Labute approximate surface area is 173 Å². The molecule has 1 saturated carbocycles. The van der Waals surface area contributed by atoms with E-state index in [-0.39, 0.29) is 24.5 Å². The van der Waals surface area contributed by atoms with Crippen molar-refractivity contribution in [3.05, 3.63) is 40.9 Å². The predicted octanol–water partition coefficient (Wildman–Crippen LogP) is 3.87. The number of anilines is 1. The molecule has 28 heavy (non-hydrogen) atoms. The number of amides is 2. The summed E-state index contributed by atoms with van der Waals surface area (Å²) in [6.45, 7) is 2.03. The lowest BCUT2D eigenvalue weighted by atomic mass is 9.94. The topological polar surface area (TPSA) is 80.3 Å². The van der Waals surface area contributed by atoms with Crippen LogP contribution in [0.3, 0.4) is 0 Å². The number of aromatic nitrogens is 1. The molecule has 2 N–H and O–H groups in total. The summed E-state index contributed by atoms with van der Waals surface area (Å²) in [6, 6.07) is 7.12. The number of aryl methyl sites for hydroxylation is 1. The van der Waals surface area contributed by atoms with Crippen LogP contribution in [0.15, 0.2) is 34.0 Å². The second-order valence-corrected chi connectivity index (χ2v) is 9.28. The molecule has 0 spiro atoms. The first kappa shape index (κ1) is 20.8. The van der Waals surface area contributed by atoms with Gasteiger partial charge in [-0.2, -0.15) is 0 Å². The third-order valence-electron chi connectivity index (χ3n) is 4.58. The standard InChI is InChI=1S/C20H25N3O3S2/c1-13-12-27-20(21-13)28-17-9-7-16(8-10-17)23-19(25)14-3-5-15(6-4-14)22-18(24)11-26-2/h3-6,12,16-17H,7-11H2,1-2H3,(H,22,24)(H,23,25). The van der Waals surface area contributed by atoms with Gasteiger partial charge >= 0.3 is 0 Å². The first-order chi connectivity index (χ1) is 13.5. The van der Waals surface area contributed by atoms with E-state index in [2.05, 4.69) is 21.0 Å². The predicted molar refractivity (Wildman–Crippen MR) is 113 cm³/mol. The van der Waals surface area contributed by atoms with Crippen molar-refractivity contribution in [3.8, 4) is 0 Å². The van der Waals surface area contributed by atoms with Gasteiger partial charge in [-0.3, -0.25) is 9.59 Å². The average molecular weight is 420 g/mol. The van der Waals surface area contributed by atoms with Crippen molar-refractivity contribution in [1.82, 2.24) is 10.3 Å². The number of carbonyl (C=O) groups excluding carboxylic acids is 2. The minimum absolute atomic E-state index is 0.00531. The summed E-state index contributed by atoms with van der Waals surface area (Å²) in [7, 11) is 1.47. The van der Waals surface area contributed by atoms with Gasteiger partial charge in [-0.25, -0.2) is 4.98 Å². The van der Waals surface area contributed by atoms with Gasteiger partial charge in [0.05, 0.1) is 0 Å². The number of nitrogens with zero attached hydrogens (tertiary/aromatic N) is 1. The quantitative estimate of drug-likeness (QED) is 0.712. The highest BCUT2D eigenvalue weighted by Crippen LogP contribution is 2.35. The van der Waals surface area contributed by atoms with Crippen LogP contribution in [0.25, 0.3) is 0 Å². The first-order valence-electron chi connectivity index (χ1n) is 9.32. The molecule has 2 aromatic rings. The van der Waals surface area contributed by atoms with Crippen molar-refractivity contribution in [2.24, 2.45) is 0 Å². The summed E-state index contributed by atoms with van der Waals surface area (Å²) >= 11 is 3.57. The van der Waals surface area contributed by atoms with Gasteiger partial charge in [0.15, 0.2) is 0 Å². The highest BCUT2D eigenvalue weighted by Gasteiger charge is 2.24. The van der Waals surface area contributed by atoms with Gasteiger partial charge < -0.3 is 15.4 Å². The molecule has 1 aliphatic rings. The van der Waals surface area contributed by atoms with Crippen molar-refractivity contribution >= 4 is 40.6 Å². The number of hydrogen-bond acceptors (Lipinski definition) is 6. The second kappa shape index (κ2) is 10.0. The Hall–Kier alpha value is -1.90. The molecule has 1 aromatic heterocycles. The summed E-state index contributed by atoms with van der Waals surface area (Å²) in [5.41, 5.74) is 2.32. The summed E-state index contributed by atoms with van der Waals surface area (Å²) in [6.07, 6.45) is 4.13. The molecule has 1 heterocycles. The van der Waals surface area contributed by atoms with E-state index in [1.807, 2.05) is 18.7 Å². The Morgan fingerprint density at radius 3 is 2.54 bits per heavy atom. The Morgan fingerprint density at radius 2 is 1.93 bits per heavy atom. The molecule has 0 unspecified atom stereocenters. The molecule has 2 amide bonds. The van der Waals surface area contributed by atoms with E-state index in [9.17, 15) is 9.59 Å². The summed E-state index contributed by atoms with van der Waals surface area (Å²) in [5, 5.41) is 8.51. The van der Waals surface area contributed by atoms with Crippen LogP contribution in [0.2, 0.25) is 0 Å². The molecule has 1 aliphatic carbocycles. The van der Waals surface area contributed by atoms with E-state index in [4.69, 9.17) is 4.74 Å². The Kier molecular flexibility index (Phi) is 7.47. The molecule has 0 radical (unpaired) electrons. The summed E-state index contributed by atoms with van der Waals surface area (Å²) in [4.78, 5) is 28.5. The zero-order chi connectivity index (χ0) is 19.9. The zero-order valence-corrected chi connectivity index (χ0v) is 17.7. The number of hydrogen-bond donors (Lipinski definition) is 2. The Balaban J connectivity index is 1.44. The van der Waals surface area contributed by atoms with Gasteiger partial charge in [0.2, 0.25) is 5.91 Å². The Bertz CT molecular complexity index is 799. The fraction of sp³-hybridized carbons (Fsp3) is 0.450. The molecule has 1 aromatic carbocycles. The van der Waals surface area contributed by atoms with Crippen molar-refractivity contribution in [3.63, 3.8) is 0 Å². The minimum atomic E-state index is -0.220. The van der Waals surface area contributed by atoms with Crippen LogP contribution in [0.1, 0.15) is 41.7 Å². The maximum atomic E-state index is 12.5. The van der Waals surface area contributed by atoms with E-state index < -0.39 is 0 Å². The number of methoxy groups -OCH3 is 1. The number of thioether (sulfide) groups is 1. The molecule has 8 heteroatoms. The molecule has 0 saturated heterocycles. The fourth-order valence-corrected chi connectivity index (χ4v) is 5.44. The SMILES string of the molecule is COCC(=O)Nc1ccc(C(=O)NC2CCC(Sc3nc(C)cs3)CC2)cc1. The molecule has 3 rings (SSSR count). The van der Waals surface area contributed by atoms with Crippen LogP contribution in [0.5, 0.6) is 0 Å². The summed E-state index contributed by atoms with van der Waals surface area (Å²) < 4.78 is 5.92. The van der Waals surface area contributed by atoms with Gasteiger partial charge in [0.25, 0.3) is 5.91 Å². The second-order valence-electron chi connectivity index (χ2n) is 6.88. The van der Waals surface area contributed by atoms with E-state index in [0.717, 1.165) is 35.7 Å². The van der Waals surface area contributed by atoms with Crippen molar-refractivity contribution in [1.29, 1.82) is 0 Å². The first-order valence-corrected chi connectivity index (χ1v) is 11.1. The monoisotopic (exact) mass is 419 g/mol. The number of ether oxygens (including phenoxy) is 1. The minimum Gasteiger partial charge on any atom is -0.375 e. The molecular weight excluding hydrogens is 394 g/mol. The third kappa shape index (κ3) is 6.05. The van der Waals surface area contributed by atoms with Crippen LogP contribution < -0.4 is 10.6 Å². The number of nitrogens with one attached hydrogen (secondary N) is 2. The molecule has 0 aliphatic heterocycles. The van der Waals surface area contributed by atoms with Crippen LogP contribution in [-0.4, -0.2) is 41.8 Å². The van der Waals surface area contributed by atoms with Crippen molar-refractivity contribution in [2.45, 2.75) is 48.2 Å². The number of rotatable bonds is 7. The molecule has 1 fully saturated rings. The van der Waals surface area contributed by atoms with Crippen molar-refractivity contribution < 1.29 is 14.3 Å². The van der Waals surface area contributed by atoms with Gasteiger partial charge in [-0.15, -0.1) is 11.3 Å². The van der Waals surface area contributed by atoms with Crippen LogP contribution in [0, 0.1) is 6.92 Å². The lowest BCUT2D eigenvalue weighted by Crippen LogP contribution is -2.38. The zero-order valence-electron chi connectivity index (χ0n) is 16.1. The van der Waals surface area contributed by atoms with Gasteiger partial charge in [-0.1, -0.05) is 11.8 Å². The van der Waals surface area contributed by atoms with E-state index in [1.165, 1.54) is 7.11 Å². The smallest absolute Gasteiger partial charge is 0.251 e. The largest absolute Gasteiger partial charge is 0.375 e. The van der Waals surface area contributed by atoms with Crippen LogP contribution in [0.4, 0.5) is 5.69 Å².